The van der Waals surface area contributed by atoms with E-state index < -0.39 is 11.7 Å². The number of fused-ring (bicyclic) bond motifs is 1. The van der Waals surface area contributed by atoms with E-state index in [1.54, 1.807) is 13.0 Å². The summed E-state index contributed by atoms with van der Waals surface area (Å²) in [6.45, 7) is 5.67. The van der Waals surface area contributed by atoms with Gasteiger partial charge in [-0.25, -0.2) is 0 Å². The molecule has 5 aliphatic rings. The van der Waals surface area contributed by atoms with Crippen molar-refractivity contribution in [1.82, 2.24) is 10.2 Å². The number of nitrogens with zero attached hydrogens (tertiary/aromatic N) is 3. The summed E-state index contributed by atoms with van der Waals surface area (Å²) in [5, 5.41) is 19.1. The fourth-order valence-corrected chi connectivity index (χ4v) is 6.69. The molecule has 6 rings (SSSR count). The Bertz CT molecular complexity index is 1060. The lowest BCUT2D eigenvalue weighted by atomic mass is 9.84. The van der Waals surface area contributed by atoms with Gasteiger partial charge in [0.1, 0.15) is 5.76 Å². The van der Waals surface area contributed by atoms with Crippen molar-refractivity contribution in [2.24, 2.45) is 16.3 Å². The first-order valence-corrected chi connectivity index (χ1v) is 13.6. The maximum atomic E-state index is 13.6. The predicted octanol–water partition coefficient (Wildman–Crippen LogP) is 4.40. The molecule has 1 saturated heterocycles. The number of aliphatic imine (C=N–C) groups is 1. The second-order valence-electron chi connectivity index (χ2n) is 11.2. The fourth-order valence-electron chi connectivity index (χ4n) is 6.69. The van der Waals surface area contributed by atoms with Crippen LogP contribution in [0.25, 0.3) is 0 Å². The number of nitrogens with one attached hydrogen (secondary N) is 2. The fraction of sp³-hybridized carbons (Fsp3) is 0.667. The molecule has 4 atom stereocenters. The van der Waals surface area contributed by atoms with Crippen LogP contribution in [0.4, 0.5) is 24.5 Å². The van der Waals surface area contributed by atoms with Gasteiger partial charge in [0.05, 0.1) is 23.6 Å². The van der Waals surface area contributed by atoms with Gasteiger partial charge >= 0.3 is 6.18 Å². The number of alkyl halides is 3. The Morgan fingerprint density at radius 2 is 2.00 bits per heavy atom. The first kappa shape index (κ1) is 25.0. The van der Waals surface area contributed by atoms with Crippen molar-refractivity contribution in [3.63, 3.8) is 0 Å². The molecule has 4 unspecified atom stereocenters. The minimum Gasteiger partial charge on any atom is -0.758 e. The van der Waals surface area contributed by atoms with Crippen LogP contribution >= 0.6 is 0 Å². The molecule has 2 N–H and O–H groups in total. The zero-order valence-corrected chi connectivity index (χ0v) is 21.1. The molecule has 3 aliphatic carbocycles. The number of allylic oxidation sites excluding steroid dienone is 1. The lowest BCUT2D eigenvalue weighted by molar-refractivity contribution is -0.137. The number of ether oxygens (including phenoxy) is 1. The number of benzene rings is 1. The number of hydrogen-bond acceptors (Lipinski definition) is 7. The summed E-state index contributed by atoms with van der Waals surface area (Å²) < 4.78 is 47.3. The van der Waals surface area contributed by atoms with Gasteiger partial charge in [0.15, 0.2) is 0 Å². The maximum Gasteiger partial charge on any atom is 0.418 e. The van der Waals surface area contributed by atoms with Crippen molar-refractivity contribution in [3.8, 4) is 0 Å². The Hall–Kier alpha value is -2.30. The molecule has 1 aromatic rings. The minimum atomic E-state index is -4.58. The lowest BCUT2D eigenvalue weighted by Crippen LogP contribution is -2.45. The van der Waals surface area contributed by atoms with E-state index in [2.05, 4.69) is 20.5 Å². The Labute approximate surface area is 215 Å². The van der Waals surface area contributed by atoms with E-state index in [9.17, 15) is 18.4 Å². The number of hydrogen-bond donors (Lipinski definition) is 2. The minimum absolute atomic E-state index is 0.0354. The van der Waals surface area contributed by atoms with Crippen molar-refractivity contribution in [2.75, 3.05) is 43.1 Å². The number of dihydropyridines is 1. The van der Waals surface area contributed by atoms with Crippen LogP contribution in [0.2, 0.25) is 0 Å². The molecule has 0 amide bonds. The average Bonchev–Trinajstić information content (AvgIpc) is 3.80. The molecular weight excluding hydrogens is 483 g/mol. The van der Waals surface area contributed by atoms with Gasteiger partial charge in [0.2, 0.25) is 0 Å². The van der Waals surface area contributed by atoms with Crippen LogP contribution in [0.3, 0.4) is 0 Å². The Kier molecular flexibility index (Phi) is 6.40. The van der Waals surface area contributed by atoms with Crippen molar-refractivity contribution >= 4 is 17.6 Å². The van der Waals surface area contributed by atoms with Gasteiger partial charge in [-0.2, -0.15) is 13.2 Å². The zero-order valence-electron chi connectivity index (χ0n) is 21.1. The molecule has 7 nitrogen and oxygen atoms in total. The Morgan fingerprint density at radius 3 is 2.70 bits per heavy atom. The molecule has 202 valence electrons. The standard InChI is InChI=1S/C27H35F3N5O2/c1-2-35(36)20-4-3-17(15-19(20)27(28,29)30)33-22-16-26(22)8-5-18(6-9-26)37-21-7-10-32-24-23(21)25(24)34-13-11-31-12-14-34/h3-4,7,10,15,18,22-25,31,33H,2,5-6,8-9,11-14,16H2,1H3/q-1. The van der Waals surface area contributed by atoms with Gasteiger partial charge in [0, 0.05) is 62.4 Å². The maximum absolute atomic E-state index is 13.6. The SMILES string of the molecule is CCN([O-])c1ccc(NC2CC23CCC(OC2=CC=NC4C2C4N2CCNCC2)CC3)cc1C(F)(F)F. The smallest absolute Gasteiger partial charge is 0.418 e. The molecule has 4 fully saturated rings. The van der Waals surface area contributed by atoms with Gasteiger partial charge in [-0.05, 0) is 68.7 Å². The van der Waals surface area contributed by atoms with Crippen LogP contribution < -0.4 is 15.7 Å². The summed E-state index contributed by atoms with van der Waals surface area (Å²) in [5.74, 6) is 1.45. The molecule has 37 heavy (non-hydrogen) atoms. The lowest BCUT2D eigenvalue weighted by Gasteiger charge is -2.32. The third-order valence-corrected chi connectivity index (χ3v) is 8.96. The van der Waals surface area contributed by atoms with Crippen molar-refractivity contribution in [3.05, 3.63) is 40.8 Å². The summed E-state index contributed by atoms with van der Waals surface area (Å²) >= 11 is 0. The summed E-state index contributed by atoms with van der Waals surface area (Å²) in [6.07, 6.45) is 4.41. The van der Waals surface area contributed by atoms with Crippen molar-refractivity contribution < 1.29 is 17.9 Å². The van der Waals surface area contributed by atoms with Crippen LogP contribution in [0, 0.1) is 16.5 Å². The molecule has 2 aliphatic heterocycles. The second kappa shape index (κ2) is 9.47. The van der Waals surface area contributed by atoms with Crippen LogP contribution in [0.1, 0.15) is 44.6 Å². The molecule has 2 heterocycles. The number of piperazine rings is 1. The van der Waals surface area contributed by atoms with Gasteiger partial charge in [-0.15, -0.1) is 0 Å². The second-order valence-corrected chi connectivity index (χ2v) is 11.2. The van der Waals surface area contributed by atoms with Gasteiger partial charge in [-0.3, -0.25) is 9.89 Å². The number of hydroxylamine groups is 1. The van der Waals surface area contributed by atoms with E-state index in [-0.39, 0.29) is 29.8 Å². The molecule has 10 heteroatoms. The van der Waals surface area contributed by atoms with Crippen molar-refractivity contribution in [2.45, 2.75) is 69.4 Å². The largest absolute Gasteiger partial charge is 0.758 e. The van der Waals surface area contributed by atoms with E-state index in [1.165, 1.54) is 6.07 Å². The summed E-state index contributed by atoms with van der Waals surface area (Å²) in [5.41, 5.74) is -0.671. The average molecular weight is 519 g/mol. The van der Waals surface area contributed by atoms with Gasteiger partial charge < -0.3 is 25.6 Å². The molecule has 3 saturated carbocycles. The normalized spacial score (nSPS) is 35.1. The van der Waals surface area contributed by atoms with Crippen molar-refractivity contribution in [1.29, 1.82) is 0 Å². The van der Waals surface area contributed by atoms with Gasteiger partial charge in [-0.1, -0.05) is 0 Å². The third-order valence-electron chi connectivity index (χ3n) is 8.96. The van der Waals surface area contributed by atoms with Crippen LogP contribution in [0.15, 0.2) is 35.0 Å². The molecule has 1 aromatic carbocycles. The molecular formula is C27H35F3N5O2-. The highest BCUT2D eigenvalue weighted by molar-refractivity contribution is 5.75. The highest BCUT2D eigenvalue weighted by Gasteiger charge is 2.59. The molecule has 0 aromatic heterocycles. The third kappa shape index (κ3) is 4.83. The summed E-state index contributed by atoms with van der Waals surface area (Å²) in [6, 6.07) is 4.88. The molecule has 0 bridgehead atoms. The summed E-state index contributed by atoms with van der Waals surface area (Å²) in [4.78, 5) is 7.22. The van der Waals surface area contributed by atoms with E-state index >= 15 is 0 Å². The van der Waals surface area contributed by atoms with Crippen LogP contribution in [-0.2, 0) is 10.9 Å². The van der Waals surface area contributed by atoms with E-state index in [1.807, 2.05) is 12.3 Å². The predicted molar refractivity (Wildman–Crippen MR) is 138 cm³/mol. The first-order valence-electron chi connectivity index (χ1n) is 13.6. The monoisotopic (exact) mass is 518 g/mol. The Morgan fingerprint density at radius 1 is 1.24 bits per heavy atom. The first-order chi connectivity index (χ1) is 17.8. The molecule has 1 spiro atoms. The topological polar surface area (TPSA) is 75.2 Å². The highest BCUT2D eigenvalue weighted by atomic mass is 19.4. The number of rotatable bonds is 7. The number of anilines is 2. The van der Waals surface area contributed by atoms with Gasteiger partial charge in [0.25, 0.3) is 0 Å². The zero-order chi connectivity index (χ0) is 25.8. The van der Waals surface area contributed by atoms with E-state index in [0.29, 0.717) is 28.8 Å². The van der Waals surface area contributed by atoms with E-state index in [4.69, 9.17) is 4.74 Å². The number of halogens is 3. The van der Waals surface area contributed by atoms with E-state index in [0.717, 1.165) is 70.1 Å². The highest BCUT2D eigenvalue weighted by Crippen LogP contribution is 2.58. The molecule has 0 radical (unpaired) electrons. The quantitative estimate of drug-likeness (QED) is 0.522. The van der Waals surface area contributed by atoms with Crippen LogP contribution in [0.5, 0.6) is 0 Å². The van der Waals surface area contributed by atoms with Crippen LogP contribution in [-0.4, -0.2) is 68.1 Å². The Balaban J connectivity index is 1.03. The summed E-state index contributed by atoms with van der Waals surface area (Å²) in [7, 11) is 0.